The van der Waals surface area contributed by atoms with Crippen LogP contribution in [-0.2, 0) is 4.74 Å². The summed E-state index contributed by atoms with van der Waals surface area (Å²) in [4.78, 5) is 9.28. The zero-order valence-electron chi connectivity index (χ0n) is 11.8. The highest BCUT2D eigenvalue weighted by atomic mass is 16.5. The summed E-state index contributed by atoms with van der Waals surface area (Å²) < 4.78 is 5.62. The van der Waals surface area contributed by atoms with Gasteiger partial charge >= 0.3 is 0 Å². The standard InChI is InChI=1S/C16H19N3O/c1-17-14-10-13(11-8-9-11)18-16(19-14)15(20-2)12-6-4-3-5-7-12/h3-7,10-11,15H,8-9H2,1-2H3,(H,17,18,19). The van der Waals surface area contributed by atoms with E-state index in [0.717, 1.165) is 22.9 Å². The lowest BCUT2D eigenvalue weighted by atomic mass is 10.1. The molecule has 4 heteroatoms. The largest absolute Gasteiger partial charge is 0.373 e. The Morgan fingerprint density at radius 2 is 1.95 bits per heavy atom. The van der Waals surface area contributed by atoms with Gasteiger partial charge in [0.15, 0.2) is 5.82 Å². The molecule has 2 aromatic rings. The zero-order chi connectivity index (χ0) is 13.9. The van der Waals surface area contributed by atoms with E-state index in [1.165, 1.54) is 12.8 Å². The van der Waals surface area contributed by atoms with E-state index in [0.29, 0.717) is 5.92 Å². The quantitative estimate of drug-likeness (QED) is 0.906. The Bertz CT molecular complexity index is 582. The van der Waals surface area contributed by atoms with Crippen LogP contribution in [-0.4, -0.2) is 24.1 Å². The normalized spacial score (nSPS) is 15.9. The van der Waals surface area contributed by atoms with Crippen molar-refractivity contribution in [2.45, 2.75) is 24.9 Å². The molecular formula is C16H19N3O. The molecule has 1 aliphatic rings. The highest BCUT2D eigenvalue weighted by Gasteiger charge is 2.27. The molecule has 1 saturated carbocycles. The first-order valence-electron chi connectivity index (χ1n) is 6.96. The predicted molar refractivity (Wildman–Crippen MR) is 78.8 cm³/mol. The minimum Gasteiger partial charge on any atom is -0.373 e. The molecule has 1 heterocycles. The number of nitrogens with zero attached hydrogens (tertiary/aromatic N) is 2. The fourth-order valence-electron chi connectivity index (χ4n) is 2.34. The van der Waals surface area contributed by atoms with Crippen molar-refractivity contribution >= 4 is 5.82 Å². The Hall–Kier alpha value is -1.94. The van der Waals surface area contributed by atoms with Crippen LogP contribution in [0.4, 0.5) is 5.82 Å². The number of hydrogen-bond acceptors (Lipinski definition) is 4. The van der Waals surface area contributed by atoms with Crippen LogP contribution >= 0.6 is 0 Å². The summed E-state index contributed by atoms with van der Waals surface area (Å²) in [5.74, 6) is 2.18. The minimum atomic E-state index is -0.220. The van der Waals surface area contributed by atoms with Gasteiger partial charge in [-0.1, -0.05) is 30.3 Å². The van der Waals surface area contributed by atoms with Crippen molar-refractivity contribution in [1.82, 2.24) is 9.97 Å². The topological polar surface area (TPSA) is 47.0 Å². The number of nitrogens with one attached hydrogen (secondary N) is 1. The molecule has 0 spiro atoms. The number of benzene rings is 1. The molecule has 20 heavy (non-hydrogen) atoms. The maximum absolute atomic E-state index is 5.62. The Balaban J connectivity index is 2.00. The third-order valence-corrected chi connectivity index (χ3v) is 3.59. The van der Waals surface area contributed by atoms with Gasteiger partial charge in [0.1, 0.15) is 11.9 Å². The van der Waals surface area contributed by atoms with Crippen molar-refractivity contribution in [3.05, 3.63) is 53.5 Å². The first-order valence-corrected chi connectivity index (χ1v) is 6.96. The molecule has 1 unspecified atom stereocenters. The van der Waals surface area contributed by atoms with Crippen LogP contribution in [0.1, 0.15) is 41.9 Å². The van der Waals surface area contributed by atoms with Gasteiger partial charge in [-0.15, -0.1) is 0 Å². The molecule has 0 aliphatic heterocycles. The summed E-state index contributed by atoms with van der Waals surface area (Å²) in [5.41, 5.74) is 2.20. The molecule has 0 amide bonds. The van der Waals surface area contributed by atoms with Gasteiger partial charge in [0.05, 0.1) is 0 Å². The molecule has 1 aromatic carbocycles. The number of rotatable bonds is 5. The first-order chi connectivity index (χ1) is 9.81. The van der Waals surface area contributed by atoms with E-state index >= 15 is 0 Å². The van der Waals surface area contributed by atoms with Crippen LogP contribution in [0, 0.1) is 0 Å². The van der Waals surface area contributed by atoms with Crippen molar-refractivity contribution in [1.29, 1.82) is 0 Å². The summed E-state index contributed by atoms with van der Waals surface area (Å²) in [6.45, 7) is 0. The third-order valence-electron chi connectivity index (χ3n) is 3.59. The smallest absolute Gasteiger partial charge is 0.164 e. The second kappa shape index (κ2) is 5.59. The number of aromatic nitrogens is 2. The van der Waals surface area contributed by atoms with E-state index in [2.05, 4.69) is 10.3 Å². The van der Waals surface area contributed by atoms with Gasteiger partial charge in [0.2, 0.25) is 0 Å². The van der Waals surface area contributed by atoms with Crippen molar-refractivity contribution in [3.63, 3.8) is 0 Å². The zero-order valence-corrected chi connectivity index (χ0v) is 11.8. The maximum atomic E-state index is 5.62. The van der Waals surface area contributed by atoms with E-state index in [9.17, 15) is 0 Å². The second-order valence-electron chi connectivity index (χ2n) is 5.09. The number of methoxy groups -OCH3 is 1. The van der Waals surface area contributed by atoms with E-state index in [4.69, 9.17) is 9.72 Å². The maximum Gasteiger partial charge on any atom is 0.164 e. The molecule has 1 aliphatic carbocycles. The Kier molecular flexibility index (Phi) is 3.65. The molecule has 1 fully saturated rings. The number of ether oxygens (including phenoxy) is 1. The van der Waals surface area contributed by atoms with Gasteiger partial charge in [0, 0.05) is 31.8 Å². The SMILES string of the molecule is CNc1cc(C2CC2)nc(C(OC)c2ccccc2)n1. The van der Waals surface area contributed by atoms with Gasteiger partial charge in [0.25, 0.3) is 0 Å². The lowest BCUT2D eigenvalue weighted by Gasteiger charge is -2.16. The van der Waals surface area contributed by atoms with Crippen LogP contribution in [0.15, 0.2) is 36.4 Å². The van der Waals surface area contributed by atoms with E-state index < -0.39 is 0 Å². The van der Waals surface area contributed by atoms with E-state index in [1.807, 2.05) is 43.4 Å². The van der Waals surface area contributed by atoms with Crippen molar-refractivity contribution < 1.29 is 4.74 Å². The Labute approximate surface area is 119 Å². The van der Waals surface area contributed by atoms with Crippen molar-refractivity contribution in [3.8, 4) is 0 Å². The van der Waals surface area contributed by atoms with Gasteiger partial charge in [-0.05, 0) is 18.4 Å². The first kappa shape index (κ1) is 13.1. The number of anilines is 1. The molecule has 0 bridgehead atoms. The predicted octanol–water partition coefficient (Wildman–Crippen LogP) is 3.13. The molecule has 104 valence electrons. The summed E-state index contributed by atoms with van der Waals surface area (Å²) in [7, 11) is 3.58. The van der Waals surface area contributed by atoms with Crippen LogP contribution < -0.4 is 5.32 Å². The molecule has 1 N–H and O–H groups in total. The highest BCUT2D eigenvalue weighted by molar-refractivity contribution is 5.39. The van der Waals surface area contributed by atoms with E-state index in [-0.39, 0.29) is 6.10 Å². The highest BCUT2D eigenvalue weighted by Crippen LogP contribution is 2.40. The fraction of sp³-hybridized carbons (Fsp3) is 0.375. The summed E-state index contributed by atoms with van der Waals surface area (Å²) >= 11 is 0. The van der Waals surface area contributed by atoms with Gasteiger partial charge in [-0.25, -0.2) is 9.97 Å². The summed E-state index contributed by atoms with van der Waals surface area (Å²) in [6.07, 6.45) is 2.23. The average Bonchev–Trinajstić information content (AvgIpc) is 3.33. The molecule has 1 aromatic heterocycles. The molecule has 0 saturated heterocycles. The third kappa shape index (κ3) is 2.65. The average molecular weight is 269 g/mol. The van der Waals surface area contributed by atoms with Gasteiger partial charge < -0.3 is 10.1 Å². The summed E-state index contributed by atoms with van der Waals surface area (Å²) in [5, 5.41) is 3.11. The van der Waals surface area contributed by atoms with Crippen molar-refractivity contribution in [2.24, 2.45) is 0 Å². The molecular weight excluding hydrogens is 250 g/mol. The monoisotopic (exact) mass is 269 g/mol. The molecule has 3 rings (SSSR count). The van der Waals surface area contributed by atoms with Gasteiger partial charge in [-0.3, -0.25) is 0 Å². The lowest BCUT2D eigenvalue weighted by Crippen LogP contribution is -2.11. The Morgan fingerprint density at radius 1 is 1.20 bits per heavy atom. The van der Waals surface area contributed by atoms with Crippen LogP contribution in [0.2, 0.25) is 0 Å². The molecule has 1 atom stereocenters. The lowest BCUT2D eigenvalue weighted by molar-refractivity contribution is 0.129. The summed E-state index contributed by atoms with van der Waals surface area (Å²) in [6, 6.07) is 12.1. The van der Waals surface area contributed by atoms with Crippen molar-refractivity contribution in [2.75, 3.05) is 19.5 Å². The minimum absolute atomic E-state index is 0.220. The van der Waals surface area contributed by atoms with Gasteiger partial charge in [-0.2, -0.15) is 0 Å². The molecule has 4 nitrogen and oxygen atoms in total. The molecule has 0 radical (unpaired) electrons. The number of hydrogen-bond donors (Lipinski definition) is 1. The fourth-order valence-corrected chi connectivity index (χ4v) is 2.34. The second-order valence-corrected chi connectivity index (χ2v) is 5.09. The van der Waals surface area contributed by atoms with E-state index in [1.54, 1.807) is 7.11 Å². The van der Waals surface area contributed by atoms with Crippen LogP contribution in [0.5, 0.6) is 0 Å². The Morgan fingerprint density at radius 3 is 2.55 bits per heavy atom. The van der Waals surface area contributed by atoms with Crippen LogP contribution in [0.25, 0.3) is 0 Å². The van der Waals surface area contributed by atoms with Crippen LogP contribution in [0.3, 0.4) is 0 Å².